The fourth-order valence-electron chi connectivity index (χ4n) is 2.39. The monoisotopic (exact) mass is 339 g/mol. The zero-order chi connectivity index (χ0) is 17.2. The number of para-hydroxylation sites is 1. The van der Waals surface area contributed by atoms with Crippen LogP contribution >= 0.6 is 0 Å². The number of hydrogen-bond donors (Lipinski definition) is 0. The molecule has 0 unspecified atom stereocenters. The van der Waals surface area contributed by atoms with Gasteiger partial charge in [-0.25, -0.2) is 13.5 Å². The van der Waals surface area contributed by atoms with Gasteiger partial charge < -0.3 is 4.52 Å². The van der Waals surface area contributed by atoms with Crippen molar-refractivity contribution in [2.24, 2.45) is 0 Å². The van der Waals surface area contributed by atoms with Crippen LogP contribution in [0.1, 0.15) is 11.4 Å². The second-order valence-electron chi connectivity index (χ2n) is 5.35. The minimum absolute atomic E-state index is 0.144. The van der Waals surface area contributed by atoms with Crippen LogP contribution in [-0.4, -0.2) is 25.1 Å². The van der Waals surface area contributed by atoms with Gasteiger partial charge in [0.2, 0.25) is 0 Å². The van der Waals surface area contributed by atoms with Gasteiger partial charge in [0.05, 0.1) is 11.9 Å². The first kappa shape index (κ1) is 15.1. The van der Waals surface area contributed by atoms with Crippen LogP contribution in [-0.2, 0) is 6.42 Å². The molecular weight excluding hydrogens is 328 g/mol. The lowest BCUT2D eigenvalue weighted by Crippen LogP contribution is -1.93. The molecule has 0 spiro atoms. The Morgan fingerprint density at radius 2 is 1.76 bits per heavy atom. The van der Waals surface area contributed by atoms with Crippen LogP contribution in [0.25, 0.3) is 17.3 Å². The number of hydrogen-bond acceptors (Lipinski definition) is 5. The molecule has 6 nitrogen and oxygen atoms in total. The van der Waals surface area contributed by atoms with Crippen LogP contribution in [0.15, 0.2) is 59.3 Å². The van der Waals surface area contributed by atoms with Gasteiger partial charge in [-0.3, -0.25) is 0 Å². The molecule has 0 atom stereocenters. The highest BCUT2D eigenvalue weighted by Gasteiger charge is 2.14. The predicted molar refractivity (Wildman–Crippen MR) is 83.8 cm³/mol. The summed E-state index contributed by atoms with van der Waals surface area (Å²) >= 11 is 0. The fraction of sp³-hybridized carbons (Fsp3) is 0.0588. The van der Waals surface area contributed by atoms with Crippen molar-refractivity contribution in [3.63, 3.8) is 0 Å². The lowest BCUT2D eigenvalue weighted by Gasteiger charge is -1.97. The number of aromatic nitrogens is 5. The summed E-state index contributed by atoms with van der Waals surface area (Å²) in [5.41, 5.74) is 1.67. The van der Waals surface area contributed by atoms with E-state index < -0.39 is 11.6 Å². The molecule has 0 aliphatic carbocycles. The Morgan fingerprint density at radius 3 is 2.52 bits per heavy atom. The Morgan fingerprint density at radius 1 is 1.00 bits per heavy atom. The number of rotatable bonds is 4. The third kappa shape index (κ3) is 3.27. The predicted octanol–water partition coefficient (Wildman–Crippen LogP) is 3.19. The minimum atomic E-state index is -0.649. The molecule has 2 aromatic carbocycles. The van der Waals surface area contributed by atoms with E-state index in [-0.39, 0.29) is 12.3 Å². The van der Waals surface area contributed by atoms with Crippen molar-refractivity contribution in [1.82, 2.24) is 25.1 Å². The maximum atomic E-state index is 13.2. The molecule has 4 aromatic rings. The maximum absolute atomic E-state index is 13.2. The molecule has 124 valence electrons. The van der Waals surface area contributed by atoms with Crippen molar-refractivity contribution in [2.45, 2.75) is 6.42 Å². The first-order valence-corrected chi connectivity index (χ1v) is 7.43. The van der Waals surface area contributed by atoms with E-state index in [1.54, 1.807) is 10.9 Å². The first-order chi connectivity index (χ1) is 12.2. The van der Waals surface area contributed by atoms with Crippen molar-refractivity contribution in [3.05, 3.63) is 77.8 Å². The topological polar surface area (TPSA) is 69.6 Å². The molecule has 25 heavy (non-hydrogen) atoms. The van der Waals surface area contributed by atoms with Crippen LogP contribution in [0.5, 0.6) is 0 Å². The summed E-state index contributed by atoms with van der Waals surface area (Å²) in [7, 11) is 0. The van der Waals surface area contributed by atoms with Gasteiger partial charge in [0, 0.05) is 12.5 Å². The zero-order valence-electron chi connectivity index (χ0n) is 12.8. The van der Waals surface area contributed by atoms with Crippen LogP contribution in [0.4, 0.5) is 8.78 Å². The van der Waals surface area contributed by atoms with E-state index in [0.717, 1.165) is 11.8 Å². The molecule has 0 aliphatic rings. The second kappa shape index (κ2) is 6.23. The van der Waals surface area contributed by atoms with Crippen LogP contribution in [0.3, 0.4) is 0 Å². The van der Waals surface area contributed by atoms with E-state index in [1.807, 2.05) is 30.3 Å². The molecule has 0 radical (unpaired) electrons. The lowest BCUT2D eigenvalue weighted by molar-refractivity contribution is 0.422. The molecule has 2 aromatic heterocycles. The normalized spacial score (nSPS) is 11.0. The molecule has 0 saturated heterocycles. The molecule has 0 fully saturated rings. The summed E-state index contributed by atoms with van der Waals surface area (Å²) in [6.45, 7) is 0. The summed E-state index contributed by atoms with van der Waals surface area (Å²) in [6, 6.07) is 12.7. The van der Waals surface area contributed by atoms with E-state index in [2.05, 4.69) is 20.5 Å². The SMILES string of the molecule is Fc1cc(F)cc(Cc2noc(-c3cn(-c4ccccc4)nn3)n2)c1. The Hall–Kier alpha value is -3.42. The van der Waals surface area contributed by atoms with E-state index in [1.165, 1.54) is 12.1 Å². The molecular formula is C17H11F2N5O. The molecule has 2 heterocycles. The molecule has 0 amide bonds. The summed E-state index contributed by atoms with van der Waals surface area (Å²) in [5.74, 6) is -0.808. The quantitative estimate of drug-likeness (QED) is 0.571. The summed E-state index contributed by atoms with van der Waals surface area (Å²) in [5, 5.41) is 11.8. The molecule has 0 aliphatic heterocycles. The van der Waals surface area contributed by atoms with E-state index in [0.29, 0.717) is 17.1 Å². The van der Waals surface area contributed by atoms with Crippen molar-refractivity contribution < 1.29 is 13.3 Å². The summed E-state index contributed by atoms with van der Waals surface area (Å²) in [6.07, 6.45) is 1.81. The standard InChI is InChI=1S/C17H11F2N5O/c18-12-6-11(7-13(19)9-12)8-16-20-17(25-22-16)15-10-24(23-21-15)14-4-2-1-3-5-14/h1-7,9-10H,8H2. The average molecular weight is 339 g/mol. The van der Waals surface area contributed by atoms with Crippen molar-refractivity contribution in [3.8, 4) is 17.3 Å². The first-order valence-electron chi connectivity index (χ1n) is 7.43. The molecule has 0 N–H and O–H groups in total. The van der Waals surface area contributed by atoms with Gasteiger partial charge >= 0.3 is 0 Å². The highest BCUT2D eigenvalue weighted by atomic mass is 19.1. The smallest absolute Gasteiger partial charge is 0.280 e. The van der Waals surface area contributed by atoms with Gasteiger partial charge in [0.25, 0.3) is 5.89 Å². The molecule has 4 rings (SSSR count). The van der Waals surface area contributed by atoms with Gasteiger partial charge in [-0.1, -0.05) is 28.6 Å². The van der Waals surface area contributed by atoms with Crippen molar-refractivity contribution >= 4 is 0 Å². The zero-order valence-corrected chi connectivity index (χ0v) is 12.8. The third-order valence-electron chi connectivity index (χ3n) is 3.49. The van der Waals surface area contributed by atoms with E-state index >= 15 is 0 Å². The van der Waals surface area contributed by atoms with E-state index in [4.69, 9.17) is 4.52 Å². The highest BCUT2D eigenvalue weighted by molar-refractivity contribution is 5.45. The van der Waals surface area contributed by atoms with Crippen LogP contribution < -0.4 is 0 Å². The summed E-state index contributed by atoms with van der Waals surface area (Å²) < 4.78 is 33.2. The number of nitrogens with zero attached hydrogens (tertiary/aromatic N) is 5. The average Bonchev–Trinajstić information content (AvgIpc) is 3.24. The highest BCUT2D eigenvalue weighted by Crippen LogP contribution is 2.17. The minimum Gasteiger partial charge on any atom is -0.332 e. The van der Waals surface area contributed by atoms with Crippen molar-refractivity contribution in [1.29, 1.82) is 0 Å². The van der Waals surface area contributed by atoms with E-state index in [9.17, 15) is 8.78 Å². The molecule has 0 bridgehead atoms. The Kier molecular flexibility index (Phi) is 3.77. The largest absolute Gasteiger partial charge is 0.332 e. The van der Waals surface area contributed by atoms with Gasteiger partial charge in [-0.15, -0.1) is 5.10 Å². The van der Waals surface area contributed by atoms with Gasteiger partial charge in [0.15, 0.2) is 11.5 Å². The van der Waals surface area contributed by atoms with Crippen LogP contribution in [0.2, 0.25) is 0 Å². The number of benzene rings is 2. The van der Waals surface area contributed by atoms with Gasteiger partial charge in [-0.2, -0.15) is 4.98 Å². The second-order valence-corrected chi connectivity index (χ2v) is 5.35. The Bertz CT molecular complexity index is 993. The summed E-state index contributed by atoms with van der Waals surface area (Å²) in [4.78, 5) is 4.20. The third-order valence-corrected chi connectivity index (χ3v) is 3.49. The Labute approximate surface area is 140 Å². The van der Waals surface area contributed by atoms with Gasteiger partial charge in [-0.05, 0) is 29.8 Å². The fourth-order valence-corrected chi connectivity index (χ4v) is 2.39. The van der Waals surface area contributed by atoms with Crippen LogP contribution in [0, 0.1) is 11.6 Å². The maximum Gasteiger partial charge on any atom is 0.280 e. The molecule has 0 saturated carbocycles. The molecule has 8 heteroatoms. The van der Waals surface area contributed by atoms with Crippen molar-refractivity contribution in [2.75, 3.05) is 0 Å². The van der Waals surface area contributed by atoms with Gasteiger partial charge in [0.1, 0.15) is 11.6 Å². The lowest BCUT2D eigenvalue weighted by atomic mass is 10.1. The number of halogens is 2. The Balaban J connectivity index is 1.56.